The zero-order valence-corrected chi connectivity index (χ0v) is 16.7. The molecule has 0 aromatic heterocycles. The second kappa shape index (κ2) is 9.47. The highest BCUT2D eigenvalue weighted by Gasteiger charge is 2.32. The summed E-state index contributed by atoms with van der Waals surface area (Å²) in [5, 5.41) is 2.68. The van der Waals surface area contributed by atoms with Gasteiger partial charge in [-0.25, -0.2) is 4.39 Å². The molecular weight excluding hydrogens is 361 g/mol. The molecule has 2 amide bonds. The molecule has 3 unspecified atom stereocenters. The van der Waals surface area contributed by atoms with Gasteiger partial charge in [0.05, 0.1) is 25.2 Å². The second-order valence-corrected chi connectivity index (χ2v) is 7.94. The van der Waals surface area contributed by atoms with Crippen molar-refractivity contribution >= 4 is 11.8 Å². The molecule has 3 atom stereocenters. The lowest BCUT2D eigenvalue weighted by Gasteiger charge is -2.38. The van der Waals surface area contributed by atoms with E-state index in [4.69, 9.17) is 4.74 Å². The van der Waals surface area contributed by atoms with Crippen LogP contribution in [-0.2, 0) is 20.7 Å². The Labute approximate surface area is 166 Å². The van der Waals surface area contributed by atoms with E-state index in [0.717, 1.165) is 39.0 Å². The molecule has 0 spiro atoms. The van der Waals surface area contributed by atoms with Gasteiger partial charge in [-0.3, -0.25) is 14.5 Å². The number of carbonyl (C=O) groups is 2. The summed E-state index contributed by atoms with van der Waals surface area (Å²) >= 11 is 0. The molecule has 0 saturated carbocycles. The monoisotopic (exact) mass is 391 g/mol. The molecule has 1 aromatic rings. The van der Waals surface area contributed by atoms with E-state index in [1.165, 1.54) is 12.1 Å². The highest BCUT2D eigenvalue weighted by Crippen LogP contribution is 2.20. The number of carbonyl (C=O) groups excluding carboxylic acids is 2. The Hall–Kier alpha value is -1.99. The van der Waals surface area contributed by atoms with E-state index in [1.807, 2.05) is 4.90 Å². The molecule has 2 fully saturated rings. The minimum absolute atomic E-state index is 0.0133. The Morgan fingerprint density at radius 3 is 2.71 bits per heavy atom. The second-order valence-electron chi connectivity index (χ2n) is 7.94. The van der Waals surface area contributed by atoms with Crippen LogP contribution in [0.5, 0.6) is 0 Å². The normalized spacial score (nSPS) is 25.7. The zero-order valence-electron chi connectivity index (χ0n) is 16.7. The highest BCUT2D eigenvalue weighted by atomic mass is 19.1. The summed E-state index contributed by atoms with van der Waals surface area (Å²) < 4.78 is 19.0. The smallest absolute Gasteiger partial charge is 0.242 e. The van der Waals surface area contributed by atoms with Crippen molar-refractivity contribution in [2.45, 2.75) is 51.4 Å². The van der Waals surface area contributed by atoms with E-state index in [9.17, 15) is 14.0 Å². The first-order valence-electron chi connectivity index (χ1n) is 10.1. The van der Waals surface area contributed by atoms with Gasteiger partial charge < -0.3 is 15.0 Å². The molecule has 1 aromatic carbocycles. The lowest BCUT2D eigenvalue weighted by Crippen LogP contribution is -2.52. The average molecular weight is 391 g/mol. The number of hydrogen-bond donors (Lipinski definition) is 1. The Morgan fingerprint density at radius 1 is 1.25 bits per heavy atom. The lowest BCUT2D eigenvalue weighted by atomic mass is 10.1. The maximum Gasteiger partial charge on any atom is 0.242 e. The molecule has 1 N–H and O–H groups in total. The van der Waals surface area contributed by atoms with Crippen LogP contribution in [0.2, 0.25) is 0 Å². The molecule has 7 heteroatoms. The van der Waals surface area contributed by atoms with E-state index in [0.29, 0.717) is 5.56 Å². The number of likely N-dealkylation sites (tertiary alicyclic amines) is 1. The van der Waals surface area contributed by atoms with E-state index in [1.54, 1.807) is 12.1 Å². The Kier molecular flexibility index (Phi) is 7.02. The van der Waals surface area contributed by atoms with Crippen molar-refractivity contribution in [3.63, 3.8) is 0 Å². The van der Waals surface area contributed by atoms with Gasteiger partial charge in [-0.05, 0) is 44.4 Å². The molecule has 154 valence electrons. The first-order chi connectivity index (χ1) is 13.4. The zero-order chi connectivity index (χ0) is 20.1. The topological polar surface area (TPSA) is 61.9 Å². The lowest BCUT2D eigenvalue weighted by molar-refractivity contribution is -0.134. The third-order valence-electron chi connectivity index (χ3n) is 5.35. The largest absolute Gasteiger partial charge is 0.373 e. The number of amides is 2. The predicted octanol–water partition coefficient (Wildman–Crippen LogP) is 1.58. The summed E-state index contributed by atoms with van der Waals surface area (Å²) in [6.45, 7) is 7.49. The van der Waals surface area contributed by atoms with Gasteiger partial charge in [0.2, 0.25) is 11.8 Å². The van der Waals surface area contributed by atoms with Crippen molar-refractivity contribution in [2.24, 2.45) is 0 Å². The fraction of sp³-hybridized carbons (Fsp3) is 0.619. The molecule has 0 bridgehead atoms. The number of benzene rings is 1. The number of ether oxygens (including phenoxy) is 1. The maximum atomic E-state index is 13.2. The first kappa shape index (κ1) is 20.7. The van der Waals surface area contributed by atoms with Crippen LogP contribution in [0.3, 0.4) is 0 Å². The Morgan fingerprint density at radius 2 is 2.00 bits per heavy atom. The van der Waals surface area contributed by atoms with Crippen LogP contribution in [0, 0.1) is 5.82 Å². The highest BCUT2D eigenvalue weighted by molar-refractivity contribution is 5.86. The van der Waals surface area contributed by atoms with Crippen molar-refractivity contribution in [2.75, 3.05) is 32.7 Å². The molecule has 0 radical (unpaired) electrons. The summed E-state index contributed by atoms with van der Waals surface area (Å²) in [6, 6.07) is 6.14. The summed E-state index contributed by atoms with van der Waals surface area (Å²) in [7, 11) is 0. The van der Waals surface area contributed by atoms with Gasteiger partial charge in [-0.15, -0.1) is 0 Å². The predicted molar refractivity (Wildman–Crippen MR) is 104 cm³/mol. The molecule has 2 aliphatic heterocycles. The number of nitrogens with zero attached hydrogens (tertiary/aromatic N) is 2. The first-order valence-corrected chi connectivity index (χ1v) is 10.1. The van der Waals surface area contributed by atoms with Gasteiger partial charge in [0.1, 0.15) is 5.82 Å². The fourth-order valence-electron chi connectivity index (χ4n) is 4.26. The number of rotatable bonds is 6. The molecule has 2 saturated heterocycles. The number of morpholine rings is 1. The van der Waals surface area contributed by atoms with E-state index >= 15 is 0 Å². The van der Waals surface area contributed by atoms with Crippen molar-refractivity contribution in [3.8, 4) is 0 Å². The van der Waals surface area contributed by atoms with Crippen LogP contribution in [0.15, 0.2) is 24.3 Å². The summed E-state index contributed by atoms with van der Waals surface area (Å²) in [4.78, 5) is 29.0. The maximum absolute atomic E-state index is 13.2. The standard InChI is InChI=1S/C21H30FN3O3/c1-15-12-24(13-16(2)28-15)14-19-7-4-8-25(19)21(27)11-23-20(26)10-17-5-3-6-18(22)9-17/h3,5-6,9,15-16,19H,4,7-8,10-14H2,1-2H3,(H,23,26). The quantitative estimate of drug-likeness (QED) is 0.800. The van der Waals surface area contributed by atoms with Gasteiger partial charge in [0.25, 0.3) is 0 Å². The van der Waals surface area contributed by atoms with Gasteiger partial charge in [-0.2, -0.15) is 0 Å². The summed E-state index contributed by atoms with van der Waals surface area (Å²) in [5.41, 5.74) is 0.597. The van der Waals surface area contributed by atoms with Gasteiger partial charge >= 0.3 is 0 Å². The molecule has 2 aliphatic rings. The van der Waals surface area contributed by atoms with E-state index in [2.05, 4.69) is 24.1 Å². The molecule has 2 heterocycles. The molecule has 28 heavy (non-hydrogen) atoms. The van der Waals surface area contributed by atoms with Crippen LogP contribution in [0.25, 0.3) is 0 Å². The minimum atomic E-state index is -0.368. The molecular formula is C21H30FN3O3. The van der Waals surface area contributed by atoms with E-state index in [-0.39, 0.29) is 48.8 Å². The molecule has 6 nitrogen and oxygen atoms in total. The SMILES string of the molecule is CC1CN(CC2CCCN2C(=O)CNC(=O)Cc2cccc(F)c2)CC(C)O1. The van der Waals surface area contributed by atoms with Gasteiger partial charge in [-0.1, -0.05) is 12.1 Å². The Bertz CT molecular complexity index is 689. The van der Waals surface area contributed by atoms with Crippen LogP contribution in [-0.4, -0.2) is 72.6 Å². The Balaban J connectivity index is 1.47. The van der Waals surface area contributed by atoms with Crippen LogP contribution >= 0.6 is 0 Å². The third-order valence-corrected chi connectivity index (χ3v) is 5.35. The van der Waals surface area contributed by atoms with Gasteiger partial charge in [0, 0.05) is 32.2 Å². The van der Waals surface area contributed by atoms with Crippen molar-refractivity contribution in [1.29, 1.82) is 0 Å². The van der Waals surface area contributed by atoms with Gasteiger partial charge in [0.15, 0.2) is 0 Å². The number of nitrogens with one attached hydrogen (secondary N) is 1. The van der Waals surface area contributed by atoms with E-state index < -0.39 is 0 Å². The number of hydrogen-bond acceptors (Lipinski definition) is 4. The molecule has 3 rings (SSSR count). The average Bonchev–Trinajstić information content (AvgIpc) is 3.07. The fourth-order valence-corrected chi connectivity index (χ4v) is 4.26. The number of halogens is 1. The summed E-state index contributed by atoms with van der Waals surface area (Å²) in [5.74, 6) is -0.692. The van der Waals surface area contributed by atoms with Crippen molar-refractivity contribution in [3.05, 3.63) is 35.6 Å². The minimum Gasteiger partial charge on any atom is -0.373 e. The third kappa shape index (κ3) is 5.75. The van der Waals surface area contributed by atoms with Crippen LogP contribution in [0.1, 0.15) is 32.3 Å². The van der Waals surface area contributed by atoms with Crippen molar-refractivity contribution in [1.82, 2.24) is 15.1 Å². The van der Waals surface area contributed by atoms with Crippen LogP contribution in [0.4, 0.5) is 4.39 Å². The van der Waals surface area contributed by atoms with Crippen LogP contribution < -0.4 is 5.32 Å². The summed E-state index contributed by atoms with van der Waals surface area (Å²) in [6.07, 6.45) is 2.46. The molecule has 0 aliphatic carbocycles. The van der Waals surface area contributed by atoms with Crippen molar-refractivity contribution < 1.29 is 18.7 Å².